The molecule has 1 heterocycles. The molecule has 0 fully saturated rings. The van der Waals surface area contributed by atoms with Crippen LogP contribution in [0.2, 0.25) is 0 Å². The first-order valence-electron chi connectivity index (χ1n) is 6.21. The Hall–Kier alpha value is -1.77. The van der Waals surface area contributed by atoms with E-state index in [0.717, 1.165) is 29.5 Å². The highest BCUT2D eigenvalue weighted by molar-refractivity contribution is 5.82. The predicted octanol–water partition coefficient (Wildman–Crippen LogP) is 3.39. The maximum atomic E-state index is 11.4. The topological polar surface area (TPSA) is 39.4 Å². The molecule has 2 aromatic rings. The first kappa shape index (κ1) is 12.7. The molecule has 0 aliphatic carbocycles. The fourth-order valence-electron chi connectivity index (χ4n) is 2.03. The summed E-state index contributed by atoms with van der Waals surface area (Å²) in [6.45, 7) is 4.35. The number of rotatable bonds is 4. The van der Waals surface area contributed by atoms with Crippen LogP contribution < -0.4 is 10.4 Å². The van der Waals surface area contributed by atoms with Gasteiger partial charge in [-0.2, -0.15) is 0 Å². The summed E-state index contributed by atoms with van der Waals surface area (Å²) in [5.41, 5.74) is 1.32. The van der Waals surface area contributed by atoms with Crippen molar-refractivity contribution in [2.24, 2.45) is 5.92 Å². The lowest BCUT2D eigenvalue weighted by Crippen LogP contribution is -2.01. The molecule has 0 amide bonds. The minimum Gasteiger partial charge on any atom is -0.496 e. The van der Waals surface area contributed by atoms with Crippen LogP contribution in [0.4, 0.5) is 0 Å². The van der Waals surface area contributed by atoms with Crippen LogP contribution in [0.1, 0.15) is 25.8 Å². The van der Waals surface area contributed by atoms with E-state index in [4.69, 9.17) is 9.15 Å². The molecule has 1 aromatic heterocycles. The molecule has 0 N–H and O–H groups in total. The van der Waals surface area contributed by atoms with Crippen LogP contribution in [-0.2, 0) is 6.42 Å². The molecule has 18 heavy (non-hydrogen) atoms. The van der Waals surface area contributed by atoms with Gasteiger partial charge in [-0.05, 0) is 37.0 Å². The summed E-state index contributed by atoms with van der Waals surface area (Å²) < 4.78 is 10.7. The summed E-state index contributed by atoms with van der Waals surface area (Å²) in [4.78, 5) is 11.4. The highest BCUT2D eigenvalue weighted by Crippen LogP contribution is 2.29. The van der Waals surface area contributed by atoms with E-state index in [1.165, 1.54) is 6.07 Å². The van der Waals surface area contributed by atoms with Gasteiger partial charge in [-0.15, -0.1) is 0 Å². The molecule has 96 valence electrons. The summed E-state index contributed by atoms with van der Waals surface area (Å²) >= 11 is 0. The van der Waals surface area contributed by atoms with E-state index >= 15 is 0 Å². The lowest BCUT2D eigenvalue weighted by molar-refractivity contribution is 0.406. The van der Waals surface area contributed by atoms with Crippen molar-refractivity contribution in [3.05, 3.63) is 40.2 Å². The molecule has 0 spiro atoms. The average Bonchev–Trinajstić information content (AvgIpc) is 2.35. The molecule has 1 aromatic carbocycles. The zero-order valence-corrected chi connectivity index (χ0v) is 11.0. The quantitative estimate of drug-likeness (QED) is 0.776. The maximum Gasteiger partial charge on any atom is 0.336 e. The number of ether oxygens (including phenoxy) is 1. The van der Waals surface area contributed by atoms with Crippen molar-refractivity contribution >= 4 is 11.0 Å². The predicted molar refractivity (Wildman–Crippen MR) is 72.2 cm³/mol. The summed E-state index contributed by atoms with van der Waals surface area (Å²) in [6, 6.07) is 7.08. The van der Waals surface area contributed by atoms with Crippen LogP contribution >= 0.6 is 0 Å². The van der Waals surface area contributed by atoms with Crippen molar-refractivity contribution in [2.75, 3.05) is 7.11 Å². The molecule has 0 aliphatic heterocycles. The largest absolute Gasteiger partial charge is 0.496 e. The number of methoxy groups -OCH3 is 1. The van der Waals surface area contributed by atoms with E-state index < -0.39 is 0 Å². The highest BCUT2D eigenvalue weighted by Gasteiger charge is 2.11. The molecule has 2 rings (SSSR count). The molecular formula is C15H18O3. The molecule has 0 radical (unpaired) electrons. The van der Waals surface area contributed by atoms with Crippen molar-refractivity contribution in [2.45, 2.75) is 26.7 Å². The van der Waals surface area contributed by atoms with Gasteiger partial charge in [-0.1, -0.05) is 13.8 Å². The van der Waals surface area contributed by atoms with Crippen LogP contribution in [0.5, 0.6) is 5.75 Å². The maximum absolute atomic E-state index is 11.4. The second-order valence-corrected chi connectivity index (χ2v) is 4.85. The van der Waals surface area contributed by atoms with Gasteiger partial charge < -0.3 is 9.15 Å². The molecule has 0 atom stereocenters. The first-order chi connectivity index (χ1) is 8.61. The Morgan fingerprint density at radius 1 is 1.22 bits per heavy atom. The summed E-state index contributed by atoms with van der Waals surface area (Å²) in [6.07, 6.45) is 1.89. The van der Waals surface area contributed by atoms with Crippen molar-refractivity contribution < 1.29 is 9.15 Å². The minimum absolute atomic E-state index is 0.318. The van der Waals surface area contributed by atoms with Crippen molar-refractivity contribution in [3.8, 4) is 5.75 Å². The Morgan fingerprint density at radius 2 is 1.94 bits per heavy atom. The van der Waals surface area contributed by atoms with E-state index in [1.54, 1.807) is 13.2 Å². The third-order valence-electron chi connectivity index (χ3n) is 3.04. The summed E-state index contributed by atoms with van der Waals surface area (Å²) in [5.74, 6) is 1.39. The number of benzene rings is 1. The Labute approximate surface area is 106 Å². The van der Waals surface area contributed by atoms with E-state index in [0.29, 0.717) is 11.5 Å². The van der Waals surface area contributed by atoms with Crippen LogP contribution in [-0.4, -0.2) is 7.11 Å². The molecule has 3 nitrogen and oxygen atoms in total. The normalized spacial score (nSPS) is 11.1. The SMILES string of the molecule is COc1ccc2ccc(=O)oc2c1CCC(C)C. The van der Waals surface area contributed by atoms with E-state index in [9.17, 15) is 4.79 Å². The Kier molecular flexibility index (Phi) is 3.70. The van der Waals surface area contributed by atoms with Gasteiger partial charge in [0.25, 0.3) is 0 Å². The van der Waals surface area contributed by atoms with Gasteiger partial charge in [0.1, 0.15) is 11.3 Å². The number of hydrogen-bond acceptors (Lipinski definition) is 3. The Bertz CT molecular complexity index is 596. The van der Waals surface area contributed by atoms with Crippen molar-refractivity contribution in [1.82, 2.24) is 0 Å². The molecule has 3 heteroatoms. The summed E-state index contributed by atoms with van der Waals surface area (Å²) in [5, 5.41) is 0.939. The zero-order chi connectivity index (χ0) is 13.1. The Morgan fingerprint density at radius 3 is 2.61 bits per heavy atom. The van der Waals surface area contributed by atoms with Crippen LogP contribution in [0.15, 0.2) is 33.5 Å². The molecular weight excluding hydrogens is 228 g/mol. The number of aryl methyl sites for hydroxylation is 1. The average molecular weight is 246 g/mol. The van der Waals surface area contributed by atoms with Crippen LogP contribution in [0.3, 0.4) is 0 Å². The fourth-order valence-corrected chi connectivity index (χ4v) is 2.03. The van der Waals surface area contributed by atoms with E-state index in [-0.39, 0.29) is 5.63 Å². The second-order valence-electron chi connectivity index (χ2n) is 4.85. The van der Waals surface area contributed by atoms with Gasteiger partial charge in [0, 0.05) is 17.0 Å². The van der Waals surface area contributed by atoms with Gasteiger partial charge in [-0.25, -0.2) is 4.79 Å². The molecule has 0 bridgehead atoms. The molecule has 0 saturated carbocycles. The van der Waals surface area contributed by atoms with Crippen molar-refractivity contribution in [3.63, 3.8) is 0 Å². The minimum atomic E-state index is -0.318. The monoisotopic (exact) mass is 246 g/mol. The van der Waals surface area contributed by atoms with Crippen LogP contribution in [0.25, 0.3) is 11.0 Å². The zero-order valence-electron chi connectivity index (χ0n) is 11.0. The van der Waals surface area contributed by atoms with Gasteiger partial charge in [0.15, 0.2) is 0 Å². The fraction of sp³-hybridized carbons (Fsp3) is 0.400. The third-order valence-corrected chi connectivity index (χ3v) is 3.04. The third kappa shape index (κ3) is 2.55. The Balaban J connectivity index is 2.56. The highest BCUT2D eigenvalue weighted by atomic mass is 16.5. The number of fused-ring (bicyclic) bond motifs is 1. The smallest absolute Gasteiger partial charge is 0.336 e. The lowest BCUT2D eigenvalue weighted by atomic mass is 10.00. The summed E-state index contributed by atoms with van der Waals surface area (Å²) in [7, 11) is 1.64. The van der Waals surface area contributed by atoms with Gasteiger partial charge >= 0.3 is 5.63 Å². The molecule has 0 unspecified atom stereocenters. The van der Waals surface area contributed by atoms with Crippen LogP contribution in [0, 0.1) is 5.92 Å². The second kappa shape index (κ2) is 5.25. The molecule has 0 aliphatic rings. The van der Waals surface area contributed by atoms with Gasteiger partial charge in [0.2, 0.25) is 0 Å². The first-order valence-corrected chi connectivity index (χ1v) is 6.21. The van der Waals surface area contributed by atoms with Crippen molar-refractivity contribution in [1.29, 1.82) is 0 Å². The van der Waals surface area contributed by atoms with Gasteiger partial charge in [0.05, 0.1) is 7.11 Å². The lowest BCUT2D eigenvalue weighted by Gasteiger charge is -2.11. The standard InChI is InChI=1S/C15H18O3/c1-10(2)4-7-12-13(17-3)8-5-11-6-9-14(16)18-15(11)12/h5-6,8-10H,4,7H2,1-3H3. The van der Waals surface area contributed by atoms with E-state index in [1.807, 2.05) is 12.1 Å². The number of hydrogen-bond donors (Lipinski definition) is 0. The van der Waals surface area contributed by atoms with Gasteiger partial charge in [-0.3, -0.25) is 0 Å². The van der Waals surface area contributed by atoms with E-state index in [2.05, 4.69) is 13.8 Å². The molecule has 0 saturated heterocycles.